The van der Waals surface area contributed by atoms with E-state index in [1.54, 1.807) is 31.4 Å². The van der Waals surface area contributed by atoms with Crippen LogP contribution < -0.4 is 14.8 Å². The normalized spacial score (nSPS) is 11.6. The molecule has 4 nitrogen and oxygen atoms in total. The first-order chi connectivity index (χ1) is 11.2. The van der Waals surface area contributed by atoms with E-state index in [0.29, 0.717) is 12.2 Å². The maximum Gasteiger partial charge on any atom is 0.265 e. The van der Waals surface area contributed by atoms with Gasteiger partial charge < -0.3 is 14.8 Å². The van der Waals surface area contributed by atoms with Crippen LogP contribution in [0.15, 0.2) is 48.5 Å². The number of rotatable bonds is 7. The Hall–Kier alpha value is -2.49. The fourth-order valence-electron chi connectivity index (χ4n) is 2.19. The van der Waals surface area contributed by atoms with Gasteiger partial charge in [0, 0.05) is 5.69 Å². The first-order valence-electron chi connectivity index (χ1n) is 7.86. The molecule has 0 fully saturated rings. The maximum absolute atomic E-state index is 12.4. The molecule has 0 saturated carbocycles. The molecule has 23 heavy (non-hydrogen) atoms. The summed E-state index contributed by atoms with van der Waals surface area (Å²) in [7, 11) is 1.61. The molecule has 4 heteroatoms. The molecule has 0 saturated heterocycles. The number of nitrogens with one attached hydrogen (secondary N) is 1. The molecule has 2 rings (SSSR count). The van der Waals surface area contributed by atoms with Crippen molar-refractivity contribution in [3.63, 3.8) is 0 Å². The smallest absolute Gasteiger partial charge is 0.265 e. The molecule has 1 amide bonds. The van der Waals surface area contributed by atoms with Crippen LogP contribution in [0.5, 0.6) is 11.5 Å². The lowest BCUT2D eigenvalue weighted by atomic mass is 10.1. The molecule has 2 aromatic carbocycles. The summed E-state index contributed by atoms with van der Waals surface area (Å²) in [4.78, 5) is 12.4. The number of amides is 1. The van der Waals surface area contributed by atoms with Crippen LogP contribution in [0, 0.1) is 0 Å². The van der Waals surface area contributed by atoms with Gasteiger partial charge in [0.15, 0.2) is 6.10 Å². The average Bonchev–Trinajstić information content (AvgIpc) is 2.60. The van der Waals surface area contributed by atoms with Crippen LogP contribution in [0.4, 0.5) is 5.69 Å². The summed E-state index contributed by atoms with van der Waals surface area (Å²) in [5.41, 5.74) is 1.97. The summed E-state index contributed by atoms with van der Waals surface area (Å²) in [6.45, 7) is 4.03. The number of carbonyl (C=O) groups excluding carboxylic acids is 1. The summed E-state index contributed by atoms with van der Waals surface area (Å²) >= 11 is 0. The van der Waals surface area contributed by atoms with Crippen molar-refractivity contribution in [2.45, 2.75) is 32.8 Å². The number of hydrogen-bond donors (Lipinski definition) is 1. The minimum absolute atomic E-state index is 0.155. The molecule has 122 valence electrons. The molecule has 0 aliphatic rings. The highest BCUT2D eigenvalue weighted by atomic mass is 16.5. The number of aryl methyl sites for hydroxylation is 1. The number of benzene rings is 2. The Labute approximate surface area is 137 Å². The third-order valence-corrected chi connectivity index (χ3v) is 3.63. The highest BCUT2D eigenvalue weighted by Crippen LogP contribution is 2.18. The highest BCUT2D eigenvalue weighted by Gasteiger charge is 2.18. The lowest BCUT2D eigenvalue weighted by molar-refractivity contribution is -0.122. The van der Waals surface area contributed by atoms with E-state index in [2.05, 4.69) is 12.2 Å². The standard InChI is InChI=1S/C19H23NO3/c1-4-14-6-10-17(11-7-14)23-18(5-2)19(21)20-15-8-12-16(22-3)13-9-15/h6-13,18H,4-5H2,1-3H3,(H,20,21). The zero-order valence-corrected chi connectivity index (χ0v) is 13.8. The van der Waals surface area contributed by atoms with Gasteiger partial charge in [0.05, 0.1) is 7.11 Å². The molecule has 0 spiro atoms. The van der Waals surface area contributed by atoms with E-state index in [1.165, 1.54) is 5.56 Å². The van der Waals surface area contributed by atoms with E-state index in [9.17, 15) is 4.79 Å². The number of anilines is 1. The van der Waals surface area contributed by atoms with Gasteiger partial charge >= 0.3 is 0 Å². The van der Waals surface area contributed by atoms with E-state index < -0.39 is 6.10 Å². The summed E-state index contributed by atoms with van der Waals surface area (Å²) in [5.74, 6) is 1.30. The third kappa shape index (κ3) is 4.74. The monoisotopic (exact) mass is 313 g/mol. The van der Waals surface area contributed by atoms with E-state index >= 15 is 0 Å². The molecular formula is C19H23NO3. The van der Waals surface area contributed by atoms with Crippen molar-refractivity contribution in [1.82, 2.24) is 0 Å². The predicted octanol–water partition coefficient (Wildman–Crippen LogP) is 4.05. The van der Waals surface area contributed by atoms with Gasteiger partial charge in [-0.2, -0.15) is 0 Å². The molecule has 0 bridgehead atoms. The van der Waals surface area contributed by atoms with Crippen LogP contribution in [0.1, 0.15) is 25.8 Å². The van der Waals surface area contributed by atoms with Gasteiger partial charge in [0.25, 0.3) is 5.91 Å². The second-order valence-electron chi connectivity index (χ2n) is 5.23. The quantitative estimate of drug-likeness (QED) is 0.838. The second-order valence-corrected chi connectivity index (χ2v) is 5.23. The lowest BCUT2D eigenvalue weighted by Crippen LogP contribution is -2.32. The molecule has 0 radical (unpaired) electrons. The van der Waals surface area contributed by atoms with Gasteiger partial charge in [-0.15, -0.1) is 0 Å². The minimum atomic E-state index is -0.524. The van der Waals surface area contributed by atoms with Gasteiger partial charge in [-0.25, -0.2) is 0 Å². The first kappa shape index (κ1) is 16.9. The Morgan fingerprint density at radius 2 is 1.61 bits per heavy atom. The van der Waals surface area contributed by atoms with E-state index in [-0.39, 0.29) is 5.91 Å². The molecule has 0 heterocycles. The van der Waals surface area contributed by atoms with Gasteiger partial charge in [0.1, 0.15) is 11.5 Å². The van der Waals surface area contributed by atoms with Gasteiger partial charge in [-0.1, -0.05) is 26.0 Å². The Balaban J connectivity index is 1.99. The summed E-state index contributed by atoms with van der Waals surface area (Å²) in [6.07, 6.45) is 1.05. The van der Waals surface area contributed by atoms with Crippen LogP contribution in [0.25, 0.3) is 0 Å². The molecule has 1 atom stereocenters. The molecule has 2 aromatic rings. The molecule has 0 aromatic heterocycles. The van der Waals surface area contributed by atoms with Crippen LogP contribution >= 0.6 is 0 Å². The molecule has 1 unspecified atom stereocenters. The van der Waals surface area contributed by atoms with Crippen molar-refractivity contribution in [3.8, 4) is 11.5 Å². The van der Waals surface area contributed by atoms with Crippen LogP contribution in [-0.4, -0.2) is 19.1 Å². The number of ether oxygens (including phenoxy) is 2. The maximum atomic E-state index is 12.4. The fourth-order valence-corrected chi connectivity index (χ4v) is 2.19. The summed E-state index contributed by atoms with van der Waals surface area (Å²) in [6, 6.07) is 15.1. The first-order valence-corrected chi connectivity index (χ1v) is 7.86. The zero-order chi connectivity index (χ0) is 16.7. The largest absolute Gasteiger partial charge is 0.497 e. The molecule has 0 aliphatic carbocycles. The Bertz CT molecular complexity index is 620. The van der Waals surface area contributed by atoms with E-state index in [0.717, 1.165) is 17.9 Å². The number of methoxy groups -OCH3 is 1. The van der Waals surface area contributed by atoms with Gasteiger partial charge in [0.2, 0.25) is 0 Å². The molecular weight excluding hydrogens is 290 g/mol. The van der Waals surface area contributed by atoms with Gasteiger partial charge in [-0.05, 0) is 54.8 Å². The minimum Gasteiger partial charge on any atom is -0.497 e. The Kier molecular flexibility index (Phi) is 6.03. The summed E-state index contributed by atoms with van der Waals surface area (Å²) < 4.78 is 10.9. The van der Waals surface area contributed by atoms with Crippen LogP contribution in [-0.2, 0) is 11.2 Å². The molecule has 0 aliphatic heterocycles. The number of hydrogen-bond acceptors (Lipinski definition) is 3. The van der Waals surface area contributed by atoms with E-state index in [1.807, 2.05) is 31.2 Å². The van der Waals surface area contributed by atoms with Crippen LogP contribution in [0.3, 0.4) is 0 Å². The topological polar surface area (TPSA) is 47.6 Å². The van der Waals surface area contributed by atoms with E-state index in [4.69, 9.17) is 9.47 Å². The fraction of sp³-hybridized carbons (Fsp3) is 0.316. The van der Waals surface area contributed by atoms with Crippen molar-refractivity contribution in [1.29, 1.82) is 0 Å². The third-order valence-electron chi connectivity index (χ3n) is 3.63. The lowest BCUT2D eigenvalue weighted by Gasteiger charge is -2.17. The zero-order valence-electron chi connectivity index (χ0n) is 13.8. The number of carbonyl (C=O) groups is 1. The molecule has 1 N–H and O–H groups in total. The van der Waals surface area contributed by atoms with Crippen molar-refractivity contribution < 1.29 is 14.3 Å². The van der Waals surface area contributed by atoms with Crippen molar-refractivity contribution in [3.05, 3.63) is 54.1 Å². The Morgan fingerprint density at radius 3 is 2.13 bits per heavy atom. The Morgan fingerprint density at radius 1 is 1.00 bits per heavy atom. The van der Waals surface area contributed by atoms with Crippen LogP contribution in [0.2, 0.25) is 0 Å². The van der Waals surface area contributed by atoms with Crippen molar-refractivity contribution >= 4 is 11.6 Å². The highest BCUT2D eigenvalue weighted by molar-refractivity contribution is 5.94. The SMILES string of the molecule is CCc1ccc(OC(CC)C(=O)Nc2ccc(OC)cc2)cc1. The van der Waals surface area contributed by atoms with Crippen molar-refractivity contribution in [2.24, 2.45) is 0 Å². The average molecular weight is 313 g/mol. The van der Waals surface area contributed by atoms with Gasteiger partial charge in [-0.3, -0.25) is 4.79 Å². The van der Waals surface area contributed by atoms with Crippen molar-refractivity contribution in [2.75, 3.05) is 12.4 Å². The second kappa shape index (κ2) is 8.22. The predicted molar refractivity (Wildman–Crippen MR) is 92.2 cm³/mol. The summed E-state index contributed by atoms with van der Waals surface area (Å²) in [5, 5.41) is 2.87.